The summed E-state index contributed by atoms with van der Waals surface area (Å²) < 4.78 is 24.5. The Morgan fingerprint density at radius 1 is 1.00 bits per heavy atom. The van der Waals surface area contributed by atoms with Crippen molar-refractivity contribution in [2.45, 2.75) is 20.0 Å². The minimum absolute atomic E-state index is 0.281. The standard InChI is InChI=1S/C24H20FNO3/c1-2-24(27)29-20-8-10-23(28-15-16-3-6-19(25)7-4-16)21(14-20)17-5-9-22-18(13-17)11-12-26-22/h3-14,26H,2,15H2,1H3. The molecule has 4 aromatic rings. The second-order valence-electron chi connectivity index (χ2n) is 6.68. The summed E-state index contributed by atoms with van der Waals surface area (Å²) in [5, 5.41) is 1.07. The van der Waals surface area contributed by atoms with Gasteiger partial charge < -0.3 is 14.5 Å². The van der Waals surface area contributed by atoms with Gasteiger partial charge in [-0.15, -0.1) is 0 Å². The van der Waals surface area contributed by atoms with Gasteiger partial charge in [0.25, 0.3) is 0 Å². The zero-order valence-corrected chi connectivity index (χ0v) is 15.9. The van der Waals surface area contributed by atoms with Crippen molar-refractivity contribution >= 4 is 16.9 Å². The van der Waals surface area contributed by atoms with Crippen LogP contribution in [0.25, 0.3) is 22.0 Å². The van der Waals surface area contributed by atoms with Crippen LogP contribution in [0.1, 0.15) is 18.9 Å². The molecule has 0 aliphatic carbocycles. The van der Waals surface area contributed by atoms with Crippen LogP contribution in [-0.4, -0.2) is 11.0 Å². The molecule has 0 spiro atoms. The lowest BCUT2D eigenvalue weighted by Crippen LogP contribution is -2.06. The molecule has 1 heterocycles. The SMILES string of the molecule is CCC(=O)Oc1ccc(OCc2ccc(F)cc2)c(-c2ccc3[nH]ccc3c2)c1. The van der Waals surface area contributed by atoms with Crippen LogP contribution < -0.4 is 9.47 Å². The highest BCUT2D eigenvalue weighted by Gasteiger charge is 2.12. The molecule has 0 aliphatic heterocycles. The topological polar surface area (TPSA) is 51.3 Å². The smallest absolute Gasteiger partial charge is 0.310 e. The number of halogens is 1. The highest BCUT2D eigenvalue weighted by Crippen LogP contribution is 2.35. The Hall–Kier alpha value is -3.60. The molecule has 4 nitrogen and oxygen atoms in total. The summed E-state index contributed by atoms with van der Waals surface area (Å²) in [4.78, 5) is 14.9. The number of aromatic amines is 1. The number of benzene rings is 3. The number of carbonyl (C=O) groups is 1. The molecule has 5 heteroatoms. The fraction of sp³-hybridized carbons (Fsp3) is 0.125. The molecule has 0 saturated carbocycles. The number of ether oxygens (including phenoxy) is 2. The minimum Gasteiger partial charge on any atom is -0.488 e. The Bertz CT molecular complexity index is 1150. The zero-order valence-electron chi connectivity index (χ0n) is 15.9. The lowest BCUT2D eigenvalue weighted by molar-refractivity contribution is -0.134. The van der Waals surface area contributed by atoms with Crippen molar-refractivity contribution in [1.29, 1.82) is 0 Å². The molecule has 0 aliphatic rings. The van der Waals surface area contributed by atoms with Crippen LogP contribution in [-0.2, 0) is 11.4 Å². The van der Waals surface area contributed by atoms with Crippen molar-refractivity contribution in [2.24, 2.45) is 0 Å². The number of esters is 1. The van der Waals surface area contributed by atoms with E-state index >= 15 is 0 Å². The van der Waals surface area contributed by atoms with Gasteiger partial charge in [0.05, 0.1) is 0 Å². The van der Waals surface area contributed by atoms with Crippen molar-refractivity contribution in [3.05, 3.63) is 84.3 Å². The molecule has 4 rings (SSSR count). The third-order valence-electron chi connectivity index (χ3n) is 4.64. The van der Waals surface area contributed by atoms with E-state index in [-0.39, 0.29) is 11.8 Å². The van der Waals surface area contributed by atoms with Crippen LogP contribution in [0.5, 0.6) is 11.5 Å². The van der Waals surface area contributed by atoms with Gasteiger partial charge in [-0.05, 0) is 65.0 Å². The van der Waals surface area contributed by atoms with Crippen LogP contribution >= 0.6 is 0 Å². The van der Waals surface area contributed by atoms with E-state index in [4.69, 9.17) is 9.47 Å². The summed E-state index contributed by atoms with van der Waals surface area (Å²) in [6.07, 6.45) is 2.19. The maximum Gasteiger partial charge on any atom is 0.310 e. The number of H-pyrrole nitrogens is 1. The van der Waals surface area contributed by atoms with Crippen LogP contribution in [0, 0.1) is 5.82 Å². The summed E-state index contributed by atoms with van der Waals surface area (Å²) in [7, 11) is 0. The summed E-state index contributed by atoms with van der Waals surface area (Å²) in [6.45, 7) is 2.05. The van der Waals surface area contributed by atoms with Gasteiger partial charge in [0.2, 0.25) is 0 Å². The van der Waals surface area contributed by atoms with E-state index < -0.39 is 0 Å². The lowest BCUT2D eigenvalue weighted by Gasteiger charge is -2.14. The van der Waals surface area contributed by atoms with Crippen molar-refractivity contribution in [3.8, 4) is 22.6 Å². The van der Waals surface area contributed by atoms with E-state index in [1.807, 2.05) is 24.4 Å². The molecule has 0 bridgehead atoms. The van der Waals surface area contributed by atoms with Crippen molar-refractivity contribution in [1.82, 2.24) is 4.98 Å². The molecule has 1 aromatic heterocycles. The van der Waals surface area contributed by atoms with E-state index in [2.05, 4.69) is 11.1 Å². The third-order valence-corrected chi connectivity index (χ3v) is 4.64. The first-order valence-corrected chi connectivity index (χ1v) is 9.42. The Kier molecular flexibility index (Phi) is 5.29. The molecular formula is C24H20FNO3. The quantitative estimate of drug-likeness (QED) is 0.331. The number of nitrogens with one attached hydrogen (secondary N) is 1. The molecule has 0 amide bonds. The minimum atomic E-state index is -0.294. The predicted molar refractivity (Wildman–Crippen MR) is 110 cm³/mol. The average molecular weight is 389 g/mol. The van der Waals surface area contributed by atoms with Gasteiger partial charge in [-0.2, -0.15) is 0 Å². The molecule has 0 unspecified atom stereocenters. The number of carbonyl (C=O) groups excluding carboxylic acids is 1. The van der Waals surface area contributed by atoms with E-state index in [1.165, 1.54) is 12.1 Å². The Morgan fingerprint density at radius 2 is 1.83 bits per heavy atom. The van der Waals surface area contributed by atoms with Crippen LogP contribution in [0.3, 0.4) is 0 Å². The second-order valence-corrected chi connectivity index (χ2v) is 6.68. The Morgan fingerprint density at radius 3 is 2.62 bits per heavy atom. The normalized spacial score (nSPS) is 10.8. The first-order valence-electron chi connectivity index (χ1n) is 9.42. The summed E-state index contributed by atoms with van der Waals surface area (Å²) in [5.41, 5.74) is 3.66. The molecule has 1 N–H and O–H groups in total. The van der Waals surface area contributed by atoms with E-state index in [1.54, 1.807) is 37.3 Å². The number of aromatic nitrogens is 1. The van der Waals surface area contributed by atoms with Crippen LogP contribution in [0.4, 0.5) is 4.39 Å². The second kappa shape index (κ2) is 8.19. The molecule has 0 atom stereocenters. The summed E-state index contributed by atoms with van der Waals surface area (Å²) in [5.74, 6) is 0.545. The predicted octanol–water partition coefficient (Wildman–Crippen LogP) is 5.87. The zero-order chi connectivity index (χ0) is 20.2. The molecule has 0 saturated heterocycles. The number of hydrogen-bond acceptors (Lipinski definition) is 3. The number of rotatable bonds is 6. The van der Waals surface area contributed by atoms with E-state index in [9.17, 15) is 9.18 Å². The average Bonchev–Trinajstić information content (AvgIpc) is 3.21. The van der Waals surface area contributed by atoms with Crippen molar-refractivity contribution < 1.29 is 18.7 Å². The van der Waals surface area contributed by atoms with Crippen molar-refractivity contribution in [3.63, 3.8) is 0 Å². The molecule has 29 heavy (non-hydrogen) atoms. The molecule has 146 valence electrons. The maximum atomic E-state index is 13.1. The highest BCUT2D eigenvalue weighted by atomic mass is 19.1. The Balaban J connectivity index is 1.68. The largest absolute Gasteiger partial charge is 0.488 e. The number of hydrogen-bond donors (Lipinski definition) is 1. The fourth-order valence-corrected chi connectivity index (χ4v) is 3.09. The van der Waals surface area contributed by atoms with Gasteiger partial charge in [-0.1, -0.05) is 25.1 Å². The number of fused-ring (bicyclic) bond motifs is 1. The van der Waals surface area contributed by atoms with E-state index in [0.717, 1.165) is 27.6 Å². The van der Waals surface area contributed by atoms with E-state index in [0.29, 0.717) is 24.5 Å². The molecule has 3 aromatic carbocycles. The first kappa shape index (κ1) is 18.7. The van der Waals surface area contributed by atoms with Gasteiger partial charge in [0, 0.05) is 23.7 Å². The molecule has 0 fully saturated rings. The first-order chi connectivity index (χ1) is 14.1. The summed E-state index contributed by atoms with van der Waals surface area (Å²) >= 11 is 0. The van der Waals surface area contributed by atoms with Crippen LogP contribution in [0.15, 0.2) is 72.9 Å². The van der Waals surface area contributed by atoms with Gasteiger partial charge >= 0.3 is 5.97 Å². The van der Waals surface area contributed by atoms with Crippen LogP contribution in [0.2, 0.25) is 0 Å². The van der Waals surface area contributed by atoms with Gasteiger partial charge in [0.1, 0.15) is 23.9 Å². The highest BCUT2D eigenvalue weighted by molar-refractivity contribution is 5.86. The van der Waals surface area contributed by atoms with Gasteiger partial charge in [-0.25, -0.2) is 4.39 Å². The van der Waals surface area contributed by atoms with Crippen molar-refractivity contribution in [2.75, 3.05) is 0 Å². The summed E-state index contributed by atoms with van der Waals surface area (Å²) in [6, 6.07) is 19.6. The fourth-order valence-electron chi connectivity index (χ4n) is 3.09. The Labute approximate surface area is 167 Å². The maximum absolute atomic E-state index is 13.1. The third kappa shape index (κ3) is 4.29. The van der Waals surface area contributed by atoms with Gasteiger partial charge in [0.15, 0.2) is 0 Å². The molecule has 0 radical (unpaired) electrons. The lowest BCUT2D eigenvalue weighted by atomic mass is 10.0. The monoisotopic (exact) mass is 389 g/mol. The molecular weight excluding hydrogens is 369 g/mol. The van der Waals surface area contributed by atoms with Gasteiger partial charge in [-0.3, -0.25) is 4.79 Å².